The molecule has 1 aliphatic rings. The number of fused-ring (bicyclic) bond motifs is 3. The first kappa shape index (κ1) is 21.8. The van der Waals surface area contributed by atoms with Crippen molar-refractivity contribution in [2.45, 2.75) is 6.42 Å². The Kier molecular flexibility index (Phi) is 9.37. The molecular weight excluding hydrogens is 360 g/mol. The molecule has 0 bridgehead atoms. The Bertz CT molecular complexity index is 763. The van der Waals surface area contributed by atoms with Crippen molar-refractivity contribution < 1.29 is 29.2 Å². The smallest absolute Gasteiger partial charge is 0.335 e. The molecule has 2 N–H and O–H groups in total. The highest BCUT2D eigenvalue weighted by Gasteiger charge is 2.21. The highest BCUT2D eigenvalue weighted by atomic mass is 16.5. The summed E-state index contributed by atoms with van der Waals surface area (Å²) >= 11 is 0. The van der Waals surface area contributed by atoms with Gasteiger partial charge in [0.15, 0.2) is 0 Å². The Morgan fingerprint density at radius 1 is 0.929 bits per heavy atom. The van der Waals surface area contributed by atoms with E-state index in [4.69, 9.17) is 24.4 Å². The van der Waals surface area contributed by atoms with Crippen LogP contribution in [-0.4, -0.2) is 55.8 Å². The number of aliphatic hydroxyl groups is 2. The maximum atomic E-state index is 11.3. The zero-order chi connectivity index (χ0) is 20.2. The van der Waals surface area contributed by atoms with Crippen LogP contribution < -0.4 is 4.74 Å². The zero-order valence-electron chi connectivity index (χ0n) is 15.8. The zero-order valence-corrected chi connectivity index (χ0v) is 15.8. The third kappa shape index (κ3) is 6.28. The normalized spacial score (nSPS) is 11.1. The molecule has 3 rings (SSSR count). The molecular formula is C22H26O6. The minimum atomic E-state index is -0.417. The van der Waals surface area contributed by atoms with E-state index in [1.807, 2.05) is 24.3 Å². The number of esters is 1. The van der Waals surface area contributed by atoms with Crippen LogP contribution in [0, 0.1) is 0 Å². The number of aliphatic hydroxyl groups excluding tert-OH is 2. The maximum absolute atomic E-state index is 11.3. The molecule has 0 atom stereocenters. The van der Waals surface area contributed by atoms with Crippen molar-refractivity contribution in [3.63, 3.8) is 0 Å². The molecule has 150 valence electrons. The van der Waals surface area contributed by atoms with E-state index in [-0.39, 0.29) is 13.2 Å². The Morgan fingerprint density at radius 2 is 1.57 bits per heavy atom. The largest absolute Gasteiger partial charge is 0.423 e. The molecule has 28 heavy (non-hydrogen) atoms. The van der Waals surface area contributed by atoms with Crippen LogP contribution in [0.2, 0.25) is 0 Å². The Labute approximate surface area is 165 Å². The summed E-state index contributed by atoms with van der Waals surface area (Å²) < 4.78 is 15.0. The lowest BCUT2D eigenvalue weighted by molar-refractivity contribution is -0.129. The first-order valence-corrected chi connectivity index (χ1v) is 9.12. The molecule has 2 aromatic rings. The van der Waals surface area contributed by atoms with Gasteiger partial charge in [-0.2, -0.15) is 0 Å². The van der Waals surface area contributed by atoms with Crippen molar-refractivity contribution in [2.75, 3.05) is 39.6 Å². The van der Waals surface area contributed by atoms with E-state index in [2.05, 4.69) is 24.8 Å². The molecule has 0 spiro atoms. The summed E-state index contributed by atoms with van der Waals surface area (Å²) in [5, 5.41) is 16.5. The van der Waals surface area contributed by atoms with Crippen molar-refractivity contribution in [1.29, 1.82) is 0 Å². The second kappa shape index (κ2) is 12.0. The van der Waals surface area contributed by atoms with E-state index in [0.717, 1.165) is 17.5 Å². The molecule has 0 unspecified atom stereocenters. The van der Waals surface area contributed by atoms with Crippen molar-refractivity contribution in [3.8, 4) is 16.9 Å². The molecule has 1 aliphatic carbocycles. The van der Waals surface area contributed by atoms with Gasteiger partial charge in [-0.25, -0.2) is 4.79 Å². The van der Waals surface area contributed by atoms with Gasteiger partial charge in [-0.15, -0.1) is 0 Å². The van der Waals surface area contributed by atoms with Gasteiger partial charge in [0, 0.05) is 18.1 Å². The summed E-state index contributed by atoms with van der Waals surface area (Å²) in [4.78, 5) is 11.3. The fourth-order valence-electron chi connectivity index (χ4n) is 2.82. The van der Waals surface area contributed by atoms with Gasteiger partial charge in [0.25, 0.3) is 0 Å². The average Bonchev–Trinajstić information content (AvgIpc) is 3.11. The summed E-state index contributed by atoms with van der Waals surface area (Å²) in [7, 11) is 0. The minimum absolute atomic E-state index is 0.0417. The lowest BCUT2D eigenvalue weighted by Crippen LogP contribution is -2.09. The second-order valence-corrected chi connectivity index (χ2v) is 5.91. The molecule has 0 radical (unpaired) electrons. The quantitative estimate of drug-likeness (QED) is 0.254. The van der Waals surface area contributed by atoms with Crippen LogP contribution >= 0.6 is 0 Å². The third-order valence-corrected chi connectivity index (χ3v) is 4.03. The van der Waals surface area contributed by atoms with Gasteiger partial charge in [-0.05, 0) is 22.8 Å². The van der Waals surface area contributed by atoms with Crippen molar-refractivity contribution in [2.24, 2.45) is 0 Å². The number of rotatable bonds is 9. The van der Waals surface area contributed by atoms with E-state index in [9.17, 15) is 4.79 Å². The minimum Gasteiger partial charge on any atom is -0.423 e. The number of ether oxygens (including phenoxy) is 3. The van der Waals surface area contributed by atoms with Gasteiger partial charge in [0.2, 0.25) is 0 Å². The molecule has 0 saturated heterocycles. The molecule has 6 nitrogen and oxygen atoms in total. The summed E-state index contributed by atoms with van der Waals surface area (Å²) in [6, 6.07) is 14.1. The Morgan fingerprint density at radius 3 is 2.21 bits per heavy atom. The summed E-state index contributed by atoms with van der Waals surface area (Å²) in [6.07, 6.45) is 1.99. The van der Waals surface area contributed by atoms with E-state index in [1.165, 1.54) is 17.2 Å². The van der Waals surface area contributed by atoms with Gasteiger partial charge in [0.1, 0.15) is 5.75 Å². The SMILES string of the molecule is C=CC(=O)Oc1cccc2c1Cc1ccccc1-2.OCCOCCOCCO. The summed E-state index contributed by atoms with van der Waals surface area (Å²) in [5.74, 6) is 0.216. The number of hydrogen-bond acceptors (Lipinski definition) is 6. The van der Waals surface area contributed by atoms with Gasteiger partial charge >= 0.3 is 5.97 Å². The molecule has 6 heteroatoms. The predicted molar refractivity (Wildman–Crippen MR) is 106 cm³/mol. The lowest BCUT2D eigenvalue weighted by Gasteiger charge is -2.07. The van der Waals surface area contributed by atoms with E-state index >= 15 is 0 Å². The van der Waals surface area contributed by atoms with E-state index in [1.54, 1.807) is 0 Å². The number of carbonyl (C=O) groups is 1. The Balaban J connectivity index is 0.000000242. The molecule has 0 heterocycles. The van der Waals surface area contributed by atoms with Crippen LogP contribution in [0.3, 0.4) is 0 Å². The molecule has 0 aromatic heterocycles. The van der Waals surface area contributed by atoms with E-state index < -0.39 is 5.97 Å². The fraction of sp³-hybridized carbons (Fsp3) is 0.318. The first-order chi connectivity index (χ1) is 13.7. The standard InChI is InChI=1S/C16H12O2.C6H14O4/c1-2-16(17)18-15-9-5-8-13-12-7-4-3-6-11(12)10-14(13)15;7-1-3-9-5-6-10-4-2-8/h2-9H,1,10H2;7-8H,1-6H2. The summed E-state index contributed by atoms with van der Waals surface area (Å²) in [6.45, 7) is 5.14. The van der Waals surface area contributed by atoms with Crippen molar-refractivity contribution in [1.82, 2.24) is 0 Å². The maximum Gasteiger partial charge on any atom is 0.335 e. The molecule has 2 aromatic carbocycles. The van der Waals surface area contributed by atoms with Crippen LogP contribution in [0.1, 0.15) is 11.1 Å². The Hall–Kier alpha value is -2.51. The lowest BCUT2D eigenvalue weighted by atomic mass is 10.1. The molecule has 0 fully saturated rings. The van der Waals surface area contributed by atoms with Gasteiger partial charge in [-0.1, -0.05) is 43.0 Å². The fourth-order valence-corrected chi connectivity index (χ4v) is 2.82. The second-order valence-electron chi connectivity index (χ2n) is 5.91. The average molecular weight is 386 g/mol. The first-order valence-electron chi connectivity index (χ1n) is 9.12. The van der Waals surface area contributed by atoms with Crippen LogP contribution in [0.4, 0.5) is 0 Å². The van der Waals surface area contributed by atoms with Gasteiger partial charge in [0.05, 0.1) is 39.6 Å². The van der Waals surface area contributed by atoms with Gasteiger partial charge < -0.3 is 24.4 Å². The van der Waals surface area contributed by atoms with Crippen molar-refractivity contribution >= 4 is 5.97 Å². The van der Waals surface area contributed by atoms with Crippen LogP contribution in [0.15, 0.2) is 55.1 Å². The topological polar surface area (TPSA) is 85.2 Å². The van der Waals surface area contributed by atoms with E-state index in [0.29, 0.717) is 32.2 Å². The van der Waals surface area contributed by atoms with Gasteiger partial charge in [-0.3, -0.25) is 0 Å². The third-order valence-electron chi connectivity index (χ3n) is 4.03. The monoisotopic (exact) mass is 386 g/mol. The highest BCUT2D eigenvalue weighted by Crippen LogP contribution is 2.40. The number of carbonyl (C=O) groups excluding carboxylic acids is 1. The molecule has 0 aliphatic heterocycles. The van der Waals surface area contributed by atoms with Crippen LogP contribution in [-0.2, 0) is 20.7 Å². The molecule has 0 amide bonds. The highest BCUT2D eigenvalue weighted by molar-refractivity contribution is 5.85. The summed E-state index contributed by atoms with van der Waals surface area (Å²) in [5.41, 5.74) is 4.73. The molecule has 0 saturated carbocycles. The van der Waals surface area contributed by atoms with Crippen LogP contribution in [0.25, 0.3) is 11.1 Å². The number of hydrogen-bond donors (Lipinski definition) is 2. The van der Waals surface area contributed by atoms with Crippen LogP contribution in [0.5, 0.6) is 5.75 Å². The predicted octanol–water partition coefficient (Wildman–Crippen LogP) is 2.35. The van der Waals surface area contributed by atoms with Crippen molar-refractivity contribution in [3.05, 3.63) is 66.2 Å². The number of benzene rings is 2.